The van der Waals surface area contributed by atoms with Crippen molar-refractivity contribution in [2.45, 2.75) is 57.1 Å². The zero-order valence-electron chi connectivity index (χ0n) is 19.0. The first-order valence-corrected chi connectivity index (χ1v) is 11.7. The van der Waals surface area contributed by atoms with Crippen LogP contribution in [0.4, 0.5) is 14.6 Å². The lowest BCUT2D eigenvalue weighted by Crippen LogP contribution is -2.41. The van der Waals surface area contributed by atoms with Crippen molar-refractivity contribution in [2.24, 2.45) is 0 Å². The molecule has 2 aromatic rings. The standard InChI is InChI=1S/C21H27BF2N2O5S/c1-7-12-26(32(27,28)17-10-8-14(23)13-15(17)24)19-16(29-6)9-11-18(25-19)22-30-20(2,3)21(4,5)31-22/h8-11,13H,7,12H2,1-6H3. The van der Waals surface area contributed by atoms with Crippen LogP contribution >= 0.6 is 0 Å². The van der Waals surface area contributed by atoms with Gasteiger partial charge in [0.25, 0.3) is 10.0 Å². The predicted octanol–water partition coefficient (Wildman–Crippen LogP) is 3.27. The van der Waals surface area contributed by atoms with Crippen molar-refractivity contribution in [3.8, 4) is 5.75 Å². The monoisotopic (exact) mass is 468 g/mol. The van der Waals surface area contributed by atoms with Crippen LogP contribution in [-0.4, -0.2) is 45.4 Å². The molecule has 174 valence electrons. The SMILES string of the molecule is CCCN(c1nc(B2OC(C)(C)C(C)(C)O2)ccc1OC)S(=O)(=O)c1ccc(F)cc1F. The molecule has 1 fully saturated rings. The summed E-state index contributed by atoms with van der Waals surface area (Å²) in [4.78, 5) is 3.83. The van der Waals surface area contributed by atoms with Gasteiger partial charge in [0, 0.05) is 12.6 Å². The first kappa shape index (κ1) is 24.4. The lowest BCUT2D eigenvalue weighted by atomic mass is 9.84. The Bertz CT molecular complexity index is 1100. The largest absolute Gasteiger partial charge is 0.514 e. The number of rotatable bonds is 7. The smallest absolute Gasteiger partial charge is 0.493 e. The van der Waals surface area contributed by atoms with Crippen molar-refractivity contribution >= 4 is 28.6 Å². The van der Waals surface area contributed by atoms with Crippen molar-refractivity contribution in [1.29, 1.82) is 0 Å². The number of methoxy groups -OCH3 is 1. The van der Waals surface area contributed by atoms with Gasteiger partial charge in [0.1, 0.15) is 16.5 Å². The molecule has 2 heterocycles. The fourth-order valence-electron chi connectivity index (χ4n) is 3.23. The van der Waals surface area contributed by atoms with Gasteiger partial charge in [0.2, 0.25) is 0 Å². The van der Waals surface area contributed by atoms with E-state index in [0.29, 0.717) is 18.1 Å². The molecule has 1 aliphatic heterocycles. The third-order valence-corrected chi connectivity index (χ3v) is 7.52. The maximum absolute atomic E-state index is 14.4. The van der Waals surface area contributed by atoms with E-state index < -0.39 is 44.9 Å². The van der Waals surface area contributed by atoms with E-state index in [1.807, 2.05) is 27.7 Å². The van der Waals surface area contributed by atoms with Gasteiger partial charge in [-0.05, 0) is 58.4 Å². The van der Waals surface area contributed by atoms with Crippen LogP contribution in [0.2, 0.25) is 0 Å². The number of benzene rings is 1. The van der Waals surface area contributed by atoms with Gasteiger partial charge in [0.05, 0.1) is 23.9 Å². The highest BCUT2D eigenvalue weighted by Gasteiger charge is 2.52. The first-order chi connectivity index (χ1) is 14.8. The van der Waals surface area contributed by atoms with E-state index in [4.69, 9.17) is 14.0 Å². The molecule has 11 heteroatoms. The summed E-state index contributed by atoms with van der Waals surface area (Å²) in [6, 6.07) is 5.50. The summed E-state index contributed by atoms with van der Waals surface area (Å²) >= 11 is 0. The highest BCUT2D eigenvalue weighted by atomic mass is 32.2. The van der Waals surface area contributed by atoms with Crippen molar-refractivity contribution in [1.82, 2.24) is 4.98 Å². The van der Waals surface area contributed by atoms with Gasteiger partial charge in [0.15, 0.2) is 11.6 Å². The molecule has 7 nitrogen and oxygen atoms in total. The highest BCUT2D eigenvalue weighted by Crippen LogP contribution is 2.37. The molecule has 0 unspecified atom stereocenters. The van der Waals surface area contributed by atoms with E-state index in [2.05, 4.69) is 4.98 Å². The van der Waals surface area contributed by atoms with Crippen LogP contribution in [0, 0.1) is 11.6 Å². The van der Waals surface area contributed by atoms with Gasteiger partial charge in [-0.2, -0.15) is 0 Å². The summed E-state index contributed by atoms with van der Waals surface area (Å²) in [5.41, 5.74) is -0.895. The Morgan fingerprint density at radius 1 is 1.09 bits per heavy atom. The number of anilines is 1. The van der Waals surface area contributed by atoms with Crippen LogP contribution in [0.1, 0.15) is 41.0 Å². The number of sulfonamides is 1. The van der Waals surface area contributed by atoms with Crippen molar-refractivity contribution in [3.05, 3.63) is 42.0 Å². The predicted molar refractivity (Wildman–Crippen MR) is 118 cm³/mol. The van der Waals surface area contributed by atoms with Gasteiger partial charge in [-0.3, -0.25) is 0 Å². The van der Waals surface area contributed by atoms with Gasteiger partial charge >= 0.3 is 7.12 Å². The molecule has 0 aliphatic carbocycles. The van der Waals surface area contributed by atoms with Crippen LogP contribution in [0.25, 0.3) is 0 Å². The molecule has 3 rings (SSSR count). The van der Waals surface area contributed by atoms with Gasteiger partial charge in [-0.25, -0.2) is 26.5 Å². The molecule has 0 atom stereocenters. The first-order valence-electron chi connectivity index (χ1n) is 10.2. The fourth-order valence-corrected chi connectivity index (χ4v) is 4.79. The zero-order chi connectivity index (χ0) is 23.9. The molecule has 0 saturated carbocycles. The van der Waals surface area contributed by atoms with E-state index in [1.54, 1.807) is 19.1 Å². The Hall–Kier alpha value is -2.24. The van der Waals surface area contributed by atoms with E-state index in [1.165, 1.54) is 7.11 Å². The number of halogens is 2. The summed E-state index contributed by atoms with van der Waals surface area (Å²) in [6.07, 6.45) is 0.410. The molecular weight excluding hydrogens is 441 g/mol. The van der Waals surface area contributed by atoms with Gasteiger partial charge in [-0.1, -0.05) is 6.92 Å². The molecule has 0 N–H and O–H groups in total. The molecule has 0 spiro atoms. The molecule has 1 aromatic carbocycles. The third kappa shape index (κ3) is 4.33. The second-order valence-corrected chi connectivity index (χ2v) is 10.3. The molecule has 1 aromatic heterocycles. The summed E-state index contributed by atoms with van der Waals surface area (Å²) in [7, 11) is -3.87. The van der Waals surface area contributed by atoms with Crippen molar-refractivity contribution in [2.75, 3.05) is 18.0 Å². The molecular formula is C21H27BF2N2O5S. The quantitative estimate of drug-likeness (QED) is 0.581. The lowest BCUT2D eigenvalue weighted by Gasteiger charge is -2.32. The average molecular weight is 468 g/mol. The number of aromatic nitrogens is 1. The average Bonchev–Trinajstić information content (AvgIpc) is 2.92. The molecule has 0 radical (unpaired) electrons. The van der Waals surface area contributed by atoms with E-state index >= 15 is 0 Å². The Morgan fingerprint density at radius 3 is 2.25 bits per heavy atom. The van der Waals surface area contributed by atoms with Gasteiger partial charge < -0.3 is 14.0 Å². The van der Waals surface area contributed by atoms with E-state index in [0.717, 1.165) is 16.4 Å². The van der Waals surface area contributed by atoms with Crippen LogP contribution in [-0.2, 0) is 19.3 Å². The molecule has 0 bridgehead atoms. The second kappa shape index (κ2) is 8.60. The number of ether oxygens (including phenoxy) is 1. The van der Waals surface area contributed by atoms with Crippen LogP contribution in [0.5, 0.6) is 5.75 Å². The van der Waals surface area contributed by atoms with Crippen LogP contribution in [0.15, 0.2) is 35.2 Å². The minimum atomic E-state index is -4.41. The summed E-state index contributed by atoms with van der Waals surface area (Å²) in [5.74, 6) is -1.93. The number of hydrogen-bond acceptors (Lipinski definition) is 6. The van der Waals surface area contributed by atoms with Crippen LogP contribution < -0.4 is 14.6 Å². The molecule has 1 saturated heterocycles. The lowest BCUT2D eigenvalue weighted by molar-refractivity contribution is 0.00578. The van der Waals surface area contributed by atoms with E-state index in [9.17, 15) is 17.2 Å². The maximum atomic E-state index is 14.4. The van der Waals surface area contributed by atoms with Crippen LogP contribution in [0.3, 0.4) is 0 Å². The topological polar surface area (TPSA) is 78.0 Å². The Morgan fingerprint density at radius 2 is 1.72 bits per heavy atom. The summed E-state index contributed by atoms with van der Waals surface area (Å²) < 4.78 is 72.9. The number of pyridine rings is 1. The van der Waals surface area contributed by atoms with Crippen molar-refractivity contribution in [3.63, 3.8) is 0 Å². The second-order valence-electron chi connectivity index (χ2n) is 8.50. The number of hydrogen-bond donors (Lipinski definition) is 0. The summed E-state index contributed by atoms with van der Waals surface area (Å²) in [5, 5.41) is 0. The Kier molecular flexibility index (Phi) is 6.56. The van der Waals surface area contributed by atoms with Gasteiger partial charge in [-0.15, -0.1) is 0 Å². The van der Waals surface area contributed by atoms with Crippen molar-refractivity contribution < 1.29 is 31.2 Å². The Labute approximate surface area is 187 Å². The number of nitrogens with zero attached hydrogens (tertiary/aromatic N) is 2. The molecule has 32 heavy (non-hydrogen) atoms. The third-order valence-electron chi connectivity index (χ3n) is 5.70. The molecule has 0 amide bonds. The van der Waals surface area contributed by atoms with E-state index in [-0.39, 0.29) is 18.1 Å². The minimum Gasteiger partial charge on any atom is -0.493 e. The summed E-state index contributed by atoms with van der Waals surface area (Å²) in [6.45, 7) is 9.33. The highest BCUT2D eigenvalue weighted by molar-refractivity contribution is 7.92. The normalized spacial score (nSPS) is 17.4. The fraction of sp³-hybridized carbons (Fsp3) is 0.476. The maximum Gasteiger partial charge on any atom is 0.514 e. The Balaban J connectivity index is 2.11. The zero-order valence-corrected chi connectivity index (χ0v) is 19.8. The molecule has 1 aliphatic rings. The minimum absolute atomic E-state index is 0.00463.